The van der Waals surface area contributed by atoms with Gasteiger partial charge in [-0.05, 0) is 54.8 Å². The predicted molar refractivity (Wildman–Crippen MR) is 107 cm³/mol. The number of nitrogens with one attached hydrogen (secondary N) is 1. The highest BCUT2D eigenvalue weighted by Gasteiger charge is 2.40. The number of piperidine rings is 1. The highest BCUT2D eigenvalue weighted by molar-refractivity contribution is 7.89. The average molecular weight is 421 g/mol. The van der Waals surface area contributed by atoms with Crippen molar-refractivity contribution in [2.45, 2.75) is 31.2 Å². The Labute approximate surface area is 170 Å². The first-order valence-electron chi connectivity index (χ1n) is 9.41. The SMILES string of the molecule is COc1ccc(S(=O)(=O)N2CCC(C)(C(=O)NCc3ccc(F)cc3)CC2)cc1. The summed E-state index contributed by atoms with van der Waals surface area (Å²) >= 11 is 0. The molecule has 2 aromatic rings. The molecule has 3 rings (SSSR count). The first kappa shape index (κ1) is 21.3. The molecular formula is C21H25FN2O4S. The van der Waals surface area contributed by atoms with Crippen LogP contribution in [0.5, 0.6) is 5.75 Å². The second-order valence-corrected chi connectivity index (χ2v) is 9.39. The lowest BCUT2D eigenvalue weighted by Crippen LogP contribution is -2.48. The standard InChI is InChI=1S/C21H25FN2O4S/c1-21(20(25)23-15-16-3-5-17(22)6-4-16)11-13-24(14-12-21)29(26,27)19-9-7-18(28-2)8-10-19/h3-10H,11-15H2,1-2H3,(H,23,25). The van der Waals surface area contributed by atoms with Crippen LogP contribution in [0, 0.1) is 11.2 Å². The minimum atomic E-state index is -3.61. The monoisotopic (exact) mass is 420 g/mol. The molecule has 0 aliphatic carbocycles. The Hall–Kier alpha value is -2.45. The van der Waals surface area contributed by atoms with Crippen LogP contribution in [0.1, 0.15) is 25.3 Å². The van der Waals surface area contributed by atoms with E-state index in [9.17, 15) is 17.6 Å². The van der Waals surface area contributed by atoms with Crippen molar-refractivity contribution in [2.75, 3.05) is 20.2 Å². The molecule has 1 heterocycles. The third-order valence-corrected chi connectivity index (χ3v) is 7.35. The van der Waals surface area contributed by atoms with Crippen LogP contribution < -0.4 is 10.1 Å². The van der Waals surface area contributed by atoms with Gasteiger partial charge < -0.3 is 10.1 Å². The summed E-state index contributed by atoms with van der Waals surface area (Å²) in [5.74, 6) is 0.147. The Balaban J connectivity index is 1.60. The second-order valence-electron chi connectivity index (χ2n) is 7.45. The van der Waals surface area contributed by atoms with Gasteiger partial charge in [-0.15, -0.1) is 0 Å². The lowest BCUT2D eigenvalue weighted by molar-refractivity contribution is -0.132. The van der Waals surface area contributed by atoms with E-state index in [1.54, 1.807) is 24.3 Å². The van der Waals surface area contributed by atoms with E-state index in [1.165, 1.54) is 35.7 Å². The predicted octanol–water partition coefficient (Wildman–Crippen LogP) is 2.94. The summed E-state index contributed by atoms with van der Waals surface area (Å²) in [7, 11) is -2.09. The molecule has 1 amide bonds. The number of methoxy groups -OCH3 is 1. The summed E-state index contributed by atoms with van der Waals surface area (Å²) in [6.07, 6.45) is 0.856. The summed E-state index contributed by atoms with van der Waals surface area (Å²) < 4.78 is 45.2. The fourth-order valence-corrected chi connectivity index (χ4v) is 4.78. The molecule has 0 bridgehead atoms. The third-order valence-electron chi connectivity index (χ3n) is 5.44. The molecule has 6 nitrogen and oxygen atoms in total. The van der Waals surface area contributed by atoms with Crippen LogP contribution in [0.25, 0.3) is 0 Å². The number of sulfonamides is 1. The van der Waals surface area contributed by atoms with Gasteiger partial charge in [0.25, 0.3) is 0 Å². The van der Waals surface area contributed by atoms with E-state index in [2.05, 4.69) is 5.32 Å². The van der Waals surface area contributed by atoms with Crippen molar-refractivity contribution in [2.24, 2.45) is 5.41 Å². The van der Waals surface area contributed by atoms with E-state index in [0.29, 0.717) is 25.1 Å². The number of carbonyl (C=O) groups excluding carboxylic acids is 1. The lowest BCUT2D eigenvalue weighted by Gasteiger charge is -2.37. The Morgan fingerprint density at radius 2 is 1.69 bits per heavy atom. The maximum atomic E-state index is 13.0. The van der Waals surface area contributed by atoms with Crippen LogP contribution in [0.3, 0.4) is 0 Å². The molecule has 8 heteroatoms. The van der Waals surface area contributed by atoms with E-state index in [0.717, 1.165) is 5.56 Å². The first-order valence-corrected chi connectivity index (χ1v) is 10.9. The van der Waals surface area contributed by atoms with Gasteiger partial charge in [-0.1, -0.05) is 19.1 Å². The number of halogens is 1. The van der Waals surface area contributed by atoms with Gasteiger partial charge in [0.2, 0.25) is 15.9 Å². The Morgan fingerprint density at radius 1 is 1.10 bits per heavy atom. The molecule has 1 N–H and O–H groups in total. The minimum absolute atomic E-state index is 0.122. The van der Waals surface area contributed by atoms with Crippen LogP contribution in [-0.2, 0) is 21.4 Å². The number of benzene rings is 2. The van der Waals surface area contributed by atoms with E-state index in [1.807, 2.05) is 6.92 Å². The summed E-state index contributed by atoms with van der Waals surface area (Å²) in [5.41, 5.74) is 0.161. The maximum Gasteiger partial charge on any atom is 0.243 e. The molecule has 1 saturated heterocycles. The molecule has 29 heavy (non-hydrogen) atoms. The third kappa shape index (κ3) is 4.76. The zero-order chi connectivity index (χ0) is 21.1. The quantitative estimate of drug-likeness (QED) is 0.780. The minimum Gasteiger partial charge on any atom is -0.497 e. The Morgan fingerprint density at radius 3 is 2.24 bits per heavy atom. The molecule has 0 spiro atoms. The second kappa shape index (κ2) is 8.51. The number of amides is 1. The number of carbonyl (C=O) groups is 1. The summed E-state index contributed by atoms with van der Waals surface area (Å²) in [4.78, 5) is 12.9. The number of rotatable bonds is 6. The smallest absolute Gasteiger partial charge is 0.243 e. The zero-order valence-electron chi connectivity index (χ0n) is 16.5. The van der Waals surface area contributed by atoms with Crippen LogP contribution in [0.4, 0.5) is 4.39 Å². The van der Waals surface area contributed by atoms with Crippen LogP contribution in [0.2, 0.25) is 0 Å². The van der Waals surface area contributed by atoms with Crippen molar-refractivity contribution in [3.8, 4) is 5.75 Å². The molecule has 2 aromatic carbocycles. The van der Waals surface area contributed by atoms with Gasteiger partial charge in [0.15, 0.2) is 0 Å². The van der Waals surface area contributed by atoms with E-state index < -0.39 is 15.4 Å². The molecule has 0 unspecified atom stereocenters. The number of hydrogen-bond donors (Lipinski definition) is 1. The number of nitrogens with zero attached hydrogens (tertiary/aromatic N) is 1. The molecular weight excluding hydrogens is 395 g/mol. The van der Waals surface area contributed by atoms with Crippen LogP contribution in [0.15, 0.2) is 53.4 Å². The van der Waals surface area contributed by atoms with Gasteiger partial charge in [-0.2, -0.15) is 4.31 Å². The van der Waals surface area contributed by atoms with Gasteiger partial charge in [0.05, 0.1) is 12.0 Å². The molecule has 156 valence electrons. The first-order chi connectivity index (χ1) is 13.7. The fourth-order valence-electron chi connectivity index (χ4n) is 3.34. The van der Waals surface area contributed by atoms with E-state index in [4.69, 9.17) is 4.74 Å². The fraction of sp³-hybridized carbons (Fsp3) is 0.381. The molecule has 0 saturated carbocycles. The van der Waals surface area contributed by atoms with Gasteiger partial charge in [-0.3, -0.25) is 4.79 Å². The Kier molecular flexibility index (Phi) is 6.24. The topological polar surface area (TPSA) is 75.7 Å². The van der Waals surface area contributed by atoms with Gasteiger partial charge in [0, 0.05) is 25.0 Å². The highest BCUT2D eigenvalue weighted by Crippen LogP contribution is 2.33. The van der Waals surface area contributed by atoms with E-state index >= 15 is 0 Å². The number of ether oxygens (including phenoxy) is 1. The van der Waals surface area contributed by atoms with Crippen LogP contribution >= 0.6 is 0 Å². The van der Waals surface area contributed by atoms with Gasteiger partial charge in [-0.25, -0.2) is 12.8 Å². The normalized spacial score (nSPS) is 16.9. The summed E-state index contributed by atoms with van der Waals surface area (Å²) in [6, 6.07) is 12.2. The molecule has 0 aromatic heterocycles. The van der Waals surface area contributed by atoms with Crippen molar-refractivity contribution in [1.29, 1.82) is 0 Å². The lowest BCUT2D eigenvalue weighted by atomic mass is 9.80. The summed E-state index contributed by atoms with van der Waals surface area (Å²) in [5, 5.41) is 2.88. The van der Waals surface area contributed by atoms with Crippen LogP contribution in [-0.4, -0.2) is 38.8 Å². The van der Waals surface area contributed by atoms with Crippen molar-refractivity contribution in [3.63, 3.8) is 0 Å². The van der Waals surface area contributed by atoms with Gasteiger partial charge >= 0.3 is 0 Å². The van der Waals surface area contributed by atoms with Gasteiger partial charge in [0.1, 0.15) is 11.6 Å². The molecule has 1 aliphatic rings. The Bertz CT molecular complexity index is 951. The molecule has 1 aliphatic heterocycles. The molecule has 1 fully saturated rings. The average Bonchev–Trinajstić information content (AvgIpc) is 2.73. The van der Waals surface area contributed by atoms with Crippen molar-refractivity contribution in [3.05, 3.63) is 59.9 Å². The zero-order valence-corrected chi connectivity index (χ0v) is 17.3. The van der Waals surface area contributed by atoms with E-state index in [-0.39, 0.29) is 29.7 Å². The maximum absolute atomic E-state index is 13.0. The molecule has 0 atom stereocenters. The summed E-state index contributed by atoms with van der Waals surface area (Å²) in [6.45, 7) is 2.70. The number of hydrogen-bond acceptors (Lipinski definition) is 4. The molecule has 0 radical (unpaired) electrons. The largest absolute Gasteiger partial charge is 0.497 e. The van der Waals surface area contributed by atoms with Crippen molar-refractivity contribution < 1.29 is 22.3 Å². The highest BCUT2D eigenvalue weighted by atomic mass is 32.2. The van der Waals surface area contributed by atoms with Crippen molar-refractivity contribution >= 4 is 15.9 Å². The van der Waals surface area contributed by atoms with Crippen molar-refractivity contribution in [1.82, 2.24) is 9.62 Å².